The molecule has 0 amide bonds. The van der Waals surface area contributed by atoms with Gasteiger partial charge in [-0.3, -0.25) is 5.10 Å². The van der Waals surface area contributed by atoms with Crippen molar-refractivity contribution in [1.29, 1.82) is 0 Å². The zero-order valence-corrected chi connectivity index (χ0v) is 18.0. The predicted octanol–water partition coefficient (Wildman–Crippen LogP) is 3.31. The Bertz CT molecular complexity index is 1170. The first kappa shape index (κ1) is 20.1. The van der Waals surface area contributed by atoms with E-state index in [2.05, 4.69) is 35.7 Å². The molecule has 0 unspecified atom stereocenters. The smallest absolute Gasteiger partial charge is 0.229 e. The van der Waals surface area contributed by atoms with E-state index in [0.717, 1.165) is 48.7 Å². The monoisotopic (exact) mass is 427 g/mol. The van der Waals surface area contributed by atoms with Crippen molar-refractivity contribution < 1.29 is 8.42 Å². The van der Waals surface area contributed by atoms with Crippen molar-refractivity contribution in [1.82, 2.24) is 20.2 Å². The van der Waals surface area contributed by atoms with Gasteiger partial charge in [-0.15, -0.1) is 0 Å². The Balaban J connectivity index is 1.62. The van der Waals surface area contributed by atoms with Gasteiger partial charge in [-0.2, -0.15) is 10.1 Å². The molecule has 2 aromatic heterocycles. The number of anilines is 5. The molecular weight excluding hydrogens is 402 g/mol. The SMILES string of the molecule is Cc1n[nH]c(Nc2ccnc(Nc3cc(N4CCCC4)cc(S(C)(=O)=O)c3)n2)c1C. The fourth-order valence-electron chi connectivity index (χ4n) is 3.38. The highest BCUT2D eigenvalue weighted by atomic mass is 32.2. The van der Waals surface area contributed by atoms with Crippen molar-refractivity contribution in [3.05, 3.63) is 41.7 Å². The fraction of sp³-hybridized carbons (Fsp3) is 0.350. The van der Waals surface area contributed by atoms with Crippen LogP contribution in [-0.4, -0.2) is 47.9 Å². The van der Waals surface area contributed by atoms with Gasteiger partial charge in [0.25, 0.3) is 0 Å². The Morgan fingerprint density at radius 1 is 1.10 bits per heavy atom. The summed E-state index contributed by atoms with van der Waals surface area (Å²) in [7, 11) is -3.35. The third-order valence-corrected chi connectivity index (χ3v) is 6.30. The summed E-state index contributed by atoms with van der Waals surface area (Å²) in [6, 6.07) is 7.03. The van der Waals surface area contributed by atoms with Gasteiger partial charge in [0.1, 0.15) is 11.6 Å². The summed E-state index contributed by atoms with van der Waals surface area (Å²) in [6.07, 6.45) is 5.07. The van der Waals surface area contributed by atoms with Crippen LogP contribution < -0.4 is 15.5 Å². The van der Waals surface area contributed by atoms with E-state index in [-0.39, 0.29) is 4.90 Å². The van der Waals surface area contributed by atoms with Crippen LogP contribution in [0.4, 0.5) is 29.0 Å². The Morgan fingerprint density at radius 3 is 2.53 bits per heavy atom. The van der Waals surface area contributed by atoms with Gasteiger partial charge in [-0.05, 0) is 51.0 Å². The molecule has 4 rings (SSSR count). The minimum absolute atomic E-state index is 0.271. The van der Waals surface area contributed by atoms with Gasteiger partial charge in [0, 0.05) is 42.5 Å². The second-order valence-corrected chi connectivity index (χ2v) is 9.52. The molecule has 10 heteroatoms. The molecule has 158 valence electrons. The predicted molar refractivity (Wildman–Crippen MR) is 118 cm³/mol. The van der Waals surface area contributed by atoms with E-state index in [1.54, 1.807) is 24.4 Å². The Hall–Kier alpha value is -3.14. The van der Waals surface area contributed by atoms with Crippen LogP contribution in [0.2, 0.25) is 0 Å². The molecule has 1 saturated heterocycles. The molecule has 3 heterocycles. The maximum Gasteiger partial charge on any atom is 0.229 e. The molecule has 3 aromatic rings. The maximum atomic E-state index is 12.2. The fourth-order valence-corrected chi connectivity index (χ4v) is 4.06. The number of benzene rings is 1. The summed E-state index contributed by atoms with van der Waals surface area (Å²) < 4.78 is 24.4. The van der Waals surface area contributed by atoms with Crippen LogP contribution in [0.15, 0.2) is 35.4 Å². The first-order chi connectivity index (χ1) is 14.3. The lowest BCUT2D eigenvalue weighted by Crippen LogP contribution is -2.18. The number of hydrogen-bond acceptors (Lipinski definition) is 8. The van der Waals surface area contributed by atoms with Gasteiger partial charge >= 0.3 is 0 Å². The van der Waals surface area contributed by atoms with E-state index in [1.807, 2.05) is 19.9 Å². The standard InChI is InChI=1S/C20H25N7O2S/c1-13-14(2)25-26-19(13)23-18-6-7-21-20(24-18)22-15-10-16(27-8-4-5-9-27)12-17(11-15)30(3,28)29/h6-7,10-12H,4-5,8-9H2,1-3H3,(H3,21,22,23,24,25,26). The lowest BCUT2D eigenvalue weighted by molar-refractivity contribution is 0.602. The Labute approximate surface area is 175 Å². The van der Waals surface area contributed by atoms with E-state index in [4.69, 9.17) is 0 Å². The average molecular weight is 428 g/mol. The van der Waals surface area contributed by atoms with Crippen LogP contribution in [0.1, 0.15) is 24.1 Å². The molecule has 1 aliphatic heterocycles. The minimum Gasteiger partial charge on any atom is -0.371 e. The second kappa shape index (κ2) is 7.94. The summed E-state index contributed by atoms with van der Waals surface area (Å²) in [5.41, 5.74) is 3.44. The van der Waals surface area contributed by atoms with Crippen LogP contribution >= 0.6 is 0 Å². The number of aromatic amines is 1. The summed E-state index contributed by atoms with van der Waals surface area (Å²) in [5.74, 6) is 1.73. The Kier molecular flexibility index (Phi) is 5.33. The molecule has 9 nitrogen and oxygen atoms in total. The highest BCUT2D eigenvalue weighted by Gasteiger charge is 2.17. The molecule has 0 spiro atoms. The molecular formula is C20H25N7O2S. The zero-order valence-electron chi connectivity index (χ0n) is 17.2. The third kappa shape index (κ3) is 4.38. The van der Waals surface area contributed by atoms with Crippen molar-refractivity contribution in [2.75, 3.05) is 34.9 Å². The van der Waals surface area contributed by atoms with Gasteiger partial charge in [0.15, 0.2) is 9.84 Å². The van der Waals surface area contributed by atoms with Gasteiger partial charge < -0.3 is 15.5 Å². The molecule has 3 N–H and O–H groups in total. The number of hydrogen-bond donors (Lipinski definition) is 3. The quantitative estimate of drug-likeness (QED) is 0.549. The topological polar surface area (TPSA) is 116 Å². The van der Waals surface area contributed by atoms with Crippen molar-refractivity contribution in [3.8, 4) is 0 Å². The van der Waals surface area contributed by atoms with Gasteiger partial charge in [-0.1, -0.05) is 0 Å². The van der Waals surface area contributed by atoms with Crippen LogP contribution in [0.3, 0.4) is 0 Å². The van der Waals surface area contributed by atoms with Crippen LogP contribution in [0, 0.1) is 13.8 Å². The summed E-state index contributed by atoms with van der Waals surface area (Å²) in [4.78, 5) is 11.2. The number of H-pyrrole nitrogens is 1. The molecule has 1 aliphatic rings. The Morgan fingerprint density at radius 2 is 1.87 bits per heavy atom. The van der Waals surface area contributed by atoms with Crippen LogP contribution in [-0.2, 0) is 9.84 Å². The summed E-state index contributed by atoms with van der Waals surface area (Å²) >= 11 is 0. The average Bonchev–Trinajstić information content (AvgIpc) is 3.34. The maximum absolute atomic E-state index is 12.2. The largest absolute Gasteiger partial charge is 0.371 e. The number of nitrogens with one attached hydrogen (secondary N) is 3. The number of rotatable bonds is 6. The number of sulfone groups is 1. The van der Waals surface area contributed by atoms with E-state index in [1.165, 1.54) is 6.26 Å². The van der Waals surface area contributed by atoms with Crippen LogP contribution in [0.5, 0.6) is 0 Å². The highest BCUT2D eigenvalue weighted by molar-refractivity contribution is 7.90. The number of aryl methyl sites for hydroxylation is 1. The number of aromatic nitrogens is 4. The molecule has 0 aliphatic carbocycles. The molecule has 0 saturated carbocycles. The second-order valence-electron chi connectivity index (χ2n) is 7.51. The summed E-state index contributed by atoms with van der Waals surface area (Å²) in [6.45, 7) is 5.74. The zero-order chi connectivity index (χ0) is 21.3. The van der Waals surface area contributed by atoms with Gasteiger partial charge in [0.05, 0.1) is 10.6 Å². The van der Waals surface area contributed by atoms with E-state index >= 15 is 0 Å². The van der Waals surface area contributed by atoms with Gasteiger partial charge in [0.2, 0.25) is 5.95 Å². The summed E-state index contributed by atoms with van der Waals surface area (Å²) in [5, 5.41) is 13.5. The first-order valence-electron chi connectivity index (χ1n) is 9.78. The third-order valence-electron chi connectivity index (χ3n) is 5.21. The normalized spacial score (nSPS) is 14.2. The molecule has 1 fully saturated rings. The lowest BCUT2D eigenvalue weighted by atomic mass is 10.2. The van der Waals surface area contributed by atoms with E-state index in [9.17, 15) is 8.42 Å². The van der Waals surface area contributed by atoms with Crippen molar-refractivity contribution in [2.45, 2.75) is 31.6 Å². The number of nitrogens with zero attached hydrogens (tertiary/aromatic N) is 4. The molecule has 30 heavy (non-hydrogen) atoms. The van der Waals surface area contributed by atoms with E-state index in [0.29, 0.717) is 17.5 Å². The molecule has 0 radical (unpaired) electrons. The molecule has 0 bridgehead atoms. The lowest BCUT2D eigenvalue weighted by Gasteiger charge is -2.20. The molecule has 1 aromatic carbocycles. The van der Waals surface area contributed by atoms with Gasteiger partial charge in [-0.25, -0.2) is 13.4 Å². The van der Waals surface area contributed by atoms with Crippen molar-refractivity contribution in [3.63, 3.8) is 0 Å². The minimum atomic E-state index is -3.35. The van der Waals surface area contributed by atoms with Crippen molar-refractivity contribution in [2.24, 2.45) is 0 Å². The van der Waals surface area contributed by atoms with E-state index < -0.39 is 9.84 Å². The van der Waals surface area contributed by atoms with Crippen molar-refractivity contribution >= 4 is 38.8 Å². The first-order valence-corrected chi connectivity index (χ1v) is 11.7. The van der Waals surface area contributed by atoms with Crippen LogP contribution in [0.25, 0.3) is 0 Å². The molecule has 0 atom stereocenters. The highest BCUT2D eigenvalue weighted by Crippen LogP contribution is 2.29.